The molecule has 0 bridgehead atoms. The number of hydrogen-bond acceptors (Lipinski definition) is 3. The van der Waals surface area contributed by atoms with Crippen molar-refractivity contribution >= 4 is 10.8 Å². The maximum absolute atomic E-state index is 12.0. The third-order valence-corrected chi connectivity index (χ3v) is 4.52. The monoisotopic (exact) mass is 307 g/mol. The fraction of sp³-hybridized carbons (Fsp3) is 0.538. The van der Waals surface area contributed by atoms with Crippen LogP contribution < -0.4 is 10.1 Å². The normalized spacial score (nSPS) is 23.6. The zero-order chi connectivity index (χ0) is 14.6. The Balaban J connectivity index is 1.80. The van der Waals surface area contributed by atoms with Gasteiger partial charge in [-0.2, -0.15) is 0 Å². The van der Waals surface area contributed by atoms with Gasteiger partial charge in [-0.25, -0.2) is 0 Å². The molecule has 20 heavy (non-hydrogen) atoms. The first-order valence-corrected chi connectivity index (χ1v) is 7.84. The molecule has 112 valence electrons. The molecule has 7 heteroatoms. The van der Waals surface area contributed by atoms with Crippen LogP contribution in [-0.2, 0) is 17.3 Å². The van der Waals surface area contributed by atoms with Crippen LogP contribution in [0.4, 0.5) is 13.2 Å². The molecular formula is C13H16F3NO2S. The highest BCUT2D eigenvalue weighted by Gasteiger charge is 2.30. The first-order chi connectivity index (χ1) is 9.42. The van der Waals surface area contributed by atoms with E-state index < -0.39 is 17.2 Å². The van der Waals surface area contributed by atoms with Gasteiger partial charge in [0.05, 0.1) is 0 Å². The van der Waals surface area contributed by atoms with Crippen LogP contribution in [0.5, 0.6) is 5.75 Å². The summed E-state index contributed by atoms with van der Waals surface area (Å²) in [6.07, 6.45) is -2.90. The number of alkyl halides is 3. The highest BCUT2D eigenvalue weighted by Crippen LogP contribution is 2.22. The van der Waals surface area contributed by atoms with Crippen molar-refractivity contribution in [3.63, 3.8) is 0 Å². The van der Waals surface area contributed by atoms with Crippen molar-refractivity contribution in [3.05, 3.63) is 29.8 Å². The predicted octanol–water partition coefficient (Wildman–Crippen LogP) is 2.59. The molecule has 1 aliphatic rings. The summed E-state index contributed by atoms with van der Waals surface area (Å²) in [5, 5.41) is 3.33. The van der Waals surface area contributed by atoms with Gasteiger partial charge in [-0.15, -0.1) is 13.2 Å². The van der Waals surface area contributed by atoms with Gasteiger partial charge < -0.3 is 10.1 Å². The summed E-state index contributed by atoms with van der Waals surface area (Å²) < 4.78 is 51.0. The van der Waals surface area contributed by atoms with Crippen LogP contribution in [0.25, 0.3) is 0 Å². The lowest BCUT2D eigenvalue weighted by Crippen LogP contribution is -2.35. The molecule has 0 aromatic heterocycles. The lowest BCUT2D eigenvalue weighted by Gasteiger charge is -2.22. The smallest absolute Gasteiger partial charge is 0.406 e. The highest BCUT2D eigenvalue weighted by atomic mass is 32.2. The van der Waals surface area contributed by atoms with Gasteiger partial charge in [-0.05, 0) is 30.5 Å². The highest BCUT2D eigenvalue weighted by molar-refractivity contribution is 7.85. The van der Waals surface area contributed by atoms with Gasteiger partial charge in [0.1, 0.15) is 5.75 Å². The summed E-state index contributed by atoms with van der Waals surface area (Å²) in [7, 11) is -0.685. The molecule has 3 nitrogen and oxygen atoms in total. The van der Waals surface area contributed by atoms with E-state index in [1.54, 1.807) is 12.1 Å². The number of halogens is 3. The molecule has 1 heterocycles. The zero-order valence-electron chi connectivity index (χ0n) is 10.8. The summed E-state index contributed by atoms with van der Waals surface area (Å²) in [5.41, 5.74) is 0.895. The third kappa shape index (κ3) is 5.13. The van der Waals surface area contributed by atoms with Crippen LogP contribution in [0.15, 0.2) is 24.3 Å². The van der Waals surface area contributed by atoms with Gasteiger partial charge in [0, 0.05) is 34.9 Å². The lowest BCUT2D eigenvalue weighted by atomic mass is 10.1. The molecule has 2 rings (SSSR count). The van der Waals surface area contributed by atoms with Crippen molar-refractivity contribution in [2.45, 2.75) is 31.8 Å². The van der Waals surface area contributed by atoms with Crippen LogP contribution in [0.2, 0.25) is 0 Å². The maximum atomic E-state index is 12.0. The summed E-state index contributed by atoms with van der Waals surface area (Å²) in [4.78, 5) is 0. The zero-order valence-corrected chi connectivity index (χ0v) is 11.6. The van der Waals surface area contributed by atoms with Crippen molar-refractivity contribution in [3.8, 4) is 5.75 Å². The molecule has 0 radical (unpaired) electrons. The van der Waals surface area contributed by atoms with E-state index in [2.05, 4.69) is 10.1 Å². The molecule has 1 aliphatic heterocycles. The van der Waals surface area contributed by atoms with E-state index in [4.69, 9.17) is 0 Å². The largest absolute Gasteiger partial charge is 0.573 e. The maximum Gasteiger partial charge on any atom is 0.573 e. The van der Waals surface area contributed by atoms with Crippen molar-refractivity contribution < 1.29 is 22.1 Å². The Labute approximate surface area is 118 Å². The quantitative estimate of drug-likeness (QED) is 0.929. The molecule has 0 saturated carbocycles. The minimum atomic E-state index is -4.66. The molecule has 1 aromatic carbocycles. The Bertz CT molecular complexity index is 452. The average Bonchev–Trinajstić information content (AvgIpc) is 2.38. The second-order valence-electron chi connectivity index (χ2n) is 4.70. The predicted molar refractivity (Wildman–Crippen MR) is 70.9 cm³/mol. The van der Waals surface area contributed by atoms with Gasteiger partial charge in [0.15, 0.2) is 0 Å². The molecule has 1 N–H and O–H groups in total. The van der Waals surface area contributed by atoms with Crippen molar-refractivity contribution in [2.75, 3.05) is 11.5 Å². The Morgan fingerprint density at radius 2 is 1.80 bits per heavy atom. The van der Waals surface area contributed by atoms with E-state index in [0.29, 0.717) is 12.6 Å². The summed E-state index contributed by atoms with van der Waals surface area (Å²) in [5.74, 6) is 1.22. The molecule has 1 fully saturated rings. The number of benzene rings is 1. The Kier molecular flexibility index (Phi) is 5.04. The van der Waals surface area contributed by atoms with Crippen LogP contribution in [0.3, 0.4) is 0 Å². The third-order valence-electron chi connectivity index (χ3n) is 3.14. The van der Waals surface area contributed by atoms with Gasteiger partial charge in [0.25, 0.3) is 0 Å². The Morgan fingerprint density at radius 3 is 2.35 bits per heavy atom. The van der Waals surface area contributed by atoms with Crippen LogP contribution in [0, 0.1) is 0 Å². The van der Waals surface area contributed by atoms with Crippen molar-refractivity contribution in [2.24, 2.45) is 0 Å². The van der Waals surface area contributed by atoms with Crippen LogP contribution in [-0.4, -0.2) is 28.1 Å². The minimum Gasteiger partial charge on any atom is -0.406 e. The van der Waals surface area contributed by atoms with Crippen molar-refractivity contribution in [1.82, 2.24) is 5.32 Å². The van der Waals surface area contributed by atoms with Gasteiger partial charge >= 0.3 is 6.36 Å². The second-order valence-corrected chi connectivity index (χ2v) is 6.39. The number of rotatable bonds is 4. The second kappa shape index (κ2) is 6.58. The first kappa shape index (κ1) is 15.3. The van der Waals surface area contributed by atoms with E-state index in [9.17, 15) is 17.4 Å². The summed E-state index contributed by atoms with van der Waals surface area (Å²) in [6, 6.07) is 6.16. The Hall–Kier alpha value is -1.08. The van der Waals surface area contributed by atoms with Crippen molar-refractivity contribution in [1.29, 1.82) is 0 Å². The number of ether oxygens (including phenoxy) is 1. The number of hydrogen-bond donors (Lipinski definition) is 1. The number of nitrogens with one attached hydrogen (secondary N) is 1. The molecule has 0 spiro atoms. The molecule has 0 amide bonds. The average molecular weight is 307 g/mol. The summed E-state index contributed by atoms with van der Waals surface area (Å²) in [6.45, 7) is 0.587. The minimum absolute atomic E-state index is 0.214. The van der Waals surface area contributed by atoms with Crippen LogP contribution >= 0.6 is 0 Å². The Morgan fingerprint density at radius 1 is 1.20 bits per heavy atom. The molecule has 0 unspecified atom stereocenters. The standard InChI is InChI=1S/C13H16F3NO2S/c14-13(15,16)19-12-3-1-10(2-4-12)9-17-11-5-7-20(18)8-6-11/h1-4,11,17H,5-9H2. The SMILES string of the molecule is O=S1CCC(NCc2ccc(OC(F)(F)F)cc2)CC1. The van der Waals surface area contributed by atoms with Gasteiger partial charge in [0.2, 0.25) is 0 Å². The molecular weight excluding hydrogens is 291 g/mol. The fourth-order valence-electron chi connectivity index (χ4n) is 2.07. The molecule has 1 saturated heterocycles. The van der Waals surface area contributed by atoms with E-state index in [-0.39, 0.29) is 5.75 Å². The van der Waals surface area contributed by atoms with Gasteiger partial charge in [-0.1, -0.05) is 12.1 Å². The van der Waals surface area contributed by atoms with E-state index in [1.807, 2.05) is 0 Å². The van der Waals surface area contributed by atoms with Gasteiger partial charge in [-0.3, -0.25) is 4.21 Å². The van der Waals surface area contributed by atoms with E-state index in [0.717, 1.165) is 29.9 Å². The molecule has 1 aromatic rings. The van der Waals surface area contributed by atoms with E-state index >= 15 is 0 Å². The van der Waals surface area contributed by atoms with Crippen LogP contribution in [0.1, 0.15) is 18.4 Å². The summed E-state index contributed by atoms with van der Waals surface area (Å²) >= 11 is 0. The fourth-order valence-corrected chi connectivity index (χ4v) is 3.37. The topological polar surface area (TPSA) is 38.3 Å². The lowest BCUT2D eigenvalue weighted by molar-refractivity contribution is -0.274. The molecule has 0 atom stereocenters. The molecule has 0 aliphatic carbocycles. The van der Waals surface area contributed by atoms with E-state index in [1.165, 1.54) is 12.1 Å². The first-order valence-electron chi connectivity index (χ1n) is 6.35.